The summed E-state index contributed by atoms with van der Waals surface area (Å²) in [5.74, 6) is -0.356. The Labute approximate surface area is 145 Å². The maximum Gasteiger partial charge on any atom is 0.344 e. The molecule has 0 aliphatic carbocycles. The van der Waals surface area contributed by atoms with E-state index in [9.17, 15) is 4.79 Å². The van der Waals surface area contributed by atoms with Gasteiger partial charge in [0.2, 0.25) is 5.79 Å². The van der Waals surface area contributed by atoms with Crippen molar-refractivity contribution in [3.63, 3.8) is 0 Å². The normalized spacial score (nSPS) is 38.3. The van der Waals surface area contributed by atoms with Gasteiger partial charge in [-0.05, 0) is 25.5 Å². The van der Waals surface area contributed by atoms with Crippen molar-refractivity contribution in [2.24, 2.45) is 0 Å². The highest BCUT2D eigenvalue weighted by Crippen LogP contribution is 2.59. The SMILES string of the molecule is C=C[C@@]1(C)C[C@@]2(OCC3(C)OC32)Oc2c1c(=O)oc1cccc(C)c21. The second-order valence-corrected chi connectivity index (χ2v) is 7.85. The lowest BCUT2D eigenvalue weighted by molar-refractivity contribution is -0.207. The van der Waals surface area contributed by atoms with Crippen LogP contribution in [0.4, 0.5) is 0 Å². The van der Waals surface area contributed by atoms with Gasteiger partial charge in [-0.1, -0.05) is 25.1 Å². The highest BCUT2D eigenvalue weighted by molar-refractivity contribution is 5.88. The molecule has 5 rings (SSSR count). The molecule has 1 aromatic heterocycles. The minimum Gasteiger partial charge on any atom is -0.458 e. The van der Waals surface area contributed by atoms with E-state index in [4.69, 9.17) is 18.6 Å². The summed E-state index contributed by atoms with van der Waals surface area (Å²) in [6.45, 7) is 10.4. The summed E-state index contributed by atoms with van der Waals surface area (Å²) in [4.78, 5) is 12.8. The van der Waals surface area contributed by atoms with Gasteiger partial charge >= 0.3 is 5.63 Å². The van der Waals surface area contributed by atoms with Gasteiger partial charge in [-0.2, -0.15) is 0 Å². The molecule has 1 spiro atoms. The third kappa shape index (κ3) is 1.77. The number of rotatable bonds is 1. The van der Waals surface area contributed by atoms with Gasteiger partial charge in [0.15, 0.2) is 6.10 Å². The summed E-state index contributed by atoms with van der Waals surface area (Å²) in [5.41, 5.74) is 0.699. The van der Waals surface area contributed by atoms with Crippen molar-refractivity contribution in [2.45, 2.75) is 50.1 Å². The lowest BCUT2D eigenvalue weighted by Crippen LogP contribution is -2.52. The van der Waals surface area contributed by atoms with Crippen molar-refractivity contribution < 1.29 is 18.6 Å². The number of benzene rings is 1. The third-order valence-electron chi connectivity index (χ3n) is 5.89. The average molecular weight is 340 g/mol. The number of epoxide rings is 1. The van der Waals surface area contributed by atoms with E-state index in [1.54, 1.807) is 12.1 Å². The molecule has 0 bridgehead atoms. The predicted molar refractivity (Wildman–Crippen MR) is 92.0 cm³/mol. The van der Waals surface area contributed by atoms with Gasteiger partial charge in [-0.25, -0.2) is 4.79 Å². The zero-order chi connectivity index (χ0) is 17.6. The summed E-state index contributed by atoms with van der Waals surface area (Å²) in [6, 6.07) is 5.63. The number of hydrogen-bond donors (Lipinski definition) is 0. The Morgan fingerprint density at radius 3 is 2.76 bits per heavy atom. The summed E-state index contributed by atoms with van der Waals surface area (Å²) in [6.07, 6.45) is 2.12. The van der Waals surface area contributed by atoms with Crippen molar-refractivity contribution in [1.29, 1.82) is 0 Å². The lowest BCUT2D eigenvalue weighted by atomic mass is 9.73. The lowest BCUT2D eigenvalue weighted by Gasteiger charge is -2.43. The van der Waals surface area contributed by atoms with Crippen LogP contribution in [-0.2, 0) is 14.9 Å². The second kappa shape index (κ2) is 4.34. The first kappa shape index (κ1) is 15.2. The van der Waals surface area contributed by atoms with Crippen LogP contribution in [0, 0.1) is 6.92 Å². The van der Waals surface area contributed by atoms with E-state index in [1.165, 1.54) is 0 Å². The molecule has 1 aromatic carbocycles. The van der Waals surface area contributed by atoms with Gasteiger partial charge in [-0.15, -0.1) is 6.58 Å². The van der Waals surface area contributed by atoms with Crippen molar-refractivity contribution in [1.82, 2.24) is 0 Å². The van der Waals surface area contributed by atoms with E-state index in [0.29, 0.717) is 29.9 Å². The molecule has 2 fully saturated rings. The van der Waals surface area contributed by atoms with Gasteiger partial charge in [0.05, 0.1) is 17.6 Å². The van der Waals surface area contributed by atoms with E-state index in [0.717, 1.165) is 10.9 Å². The van der Waals surface area contributed by atoms with Crippen LogP contribution >= 0.6 is 0 Å². The van der Waals surface area contributed by atoms with Crippen LogP contribution in [0.5, 0.6) is 5.75 Å². The highest BCUT2D eigenvalue weighted by Gasteiger charge is 2.74. The fourth-order valence-electron chi connectivity index (χ4n) is 4.43. The molecule has 130 valence electrons. The van der Waals surface area contributed by atoms with E-state index in [2.05, 4.69) is 6.58 Å². The van der Waals surface area contributed by atoms with Crippen LogP contribution in [0.3, 0.4) is 0 Å². The van der Waals surface area contributed by atoms with Crippen LogP contribution in [-0.4, -0.2) is 24.1 Å². The quantitative estimate of drug-likeness (QED) is 0.453. The Kier molecular flexibility index (Phi) is 2.64. The molecule has 0 saturated carbocycles. The first-order valence-corrected chi connectivity index (χ1v) is 8.53. The van der Waals surface area contributed by atoms with E-state index >= 15 is 0 Å². The molecule has 3 aliphatic heterocycles. The molecule has 0 amide bonds. The molecule has 4 heterocycles. The maximum atomic E-state index is 12.8. The Morgan fingerprint density at radius 1 is 1.32 bits per heavy atom. The monoisotopic (exact) mass is 340 g/mol. The first-order valence-electron chi connectivity index (χ1n) is 8.53. The predicted octanol–water partition coefficient (Wildman–Crippen LogP) is 3.21. The topological polar surface area (TPSA) is 61.2 Å². The Morgan fingerprint density at radius 2 is 2.12 bits per heavy atom. The Bertz CT molecular complexity index is 991. The van der Waals surface area contributed by atoms with E-state index in [-0.39, 0.29) is 17.3 Å². The first-order chi connectivity index (χ1) is 11.8. The third-order valence-corrected chi connectivity index (χ3v) is 5.89. The number of hydrogen-bond acceptors (Lipinski definition) is 5. The highest BCUT2D eigenvalue weighted by atomic mass is 16.8. The summed E-state index contributed by atoms with van der Waals surface area (Å²) >= 11 is 0. The van der Waals surface area contributed by atoms with Crippen molar-refractivity contribution in [3.8, 4) is 5.75 Å². The minimum absolute atomic E-state index is 0.140. The molecule has 3 aliphatic rings. The molecule has 0 N–H and O–H groups in total. The summed E-state index contributed by atoms with van der Waals surface area (Å²) in [7, 11) is 0. The van der Waals surface area contributed by atoms with Crippen LogP contribution in [0.1, 0.15) is 31.4 Å². The van der Waals surface area contributed by atoms with Crippen molar-refractivity contribution in [2.75, 3.05) is 6.61 Å². The fraction of sp³-hybridized carbons (Fsp3) is 0.450. The molecular weight excluding hydrogens is 320 g/mol. The smallest absolute Gasteiger partial charge is 0.344 e. The molecule has 5 nitrogen and oxygen atoms in total. The van der Waals surface area contributed by atoms with Crippen molar-refractivity contribution >= 4 is 11.0 Å². The molecule has 2 saturated heterocycles. The standard InChI is InChI=1S/C20H20O5/c1-5-18(3)9-20(17-19(4,25-17)10-22-20)24-15-13-11(2)7-6-8-12(13)23-16(21)14(15)18/h5-8,17H,1,9-10H2,2-4H3/t17?,18-,19?,20+/m0/s1. The number of allylic oxidation sites excluding steroid dienone is 1. The molecule has 25 heavy (non-hydrogen) atoms. The van der Waals surface area contributed by atoms with Crippen LogP contribution in [0.15, 0.2) is 40.1 Å². The van der Waals surface area contributed by atoms with E-state index in [1.807, 2.05) is 32.9 Å². The summed E-state index contributed by atoms with van der Waals surface area (Å²) < 4.78 is 24.0. The number of fused-ring (bicyclic) bond motifs is 5. The van der Waals surface area contributed by atoms with Crippen LogP contribution in [0.2, 0.25) is 0 Å². The Hall–Kier alpha value is -2.11. The van der Waals surface area contributed by atoms with Gasteiger partial charge in [-0.3, -0.25) is 0 Å². The van der Waals surface area contributed by atoms with Crippen molar-refractivity contribution in [3.05, 3.63) is 52.4 Å². The Balaban J connectivity index is 1.84. The van der Waals surface area contributed by atoms with Gasteiger partial charge in [0, 0.05) is 11.8 Å². The molecule has 0 radical (unpaired) electrons. The largest absolute Gasteiger partial charge is 0.458 e. The van der Waals surface area contributed by atoms with Crippen LogP contribution < -0.4 is 10.4 Å². The number of aryl methyl sites for hydroxylation is 1. The van der Waals surface area contributed by atoms with E-state index < -0.39 is 11.2 Å². The zero-order valence-corrected chi connectivity index (χ0v) is 14.5. The molecule has 5 heteroatoms. The van der Waals surface area contributed by atoms with Gasteiger partial charge in [0.25, 0.3) is 0 Å². The number of ether oxygens (including phenoxy) is 3. The minimum atomic E-state index is -0.895. The second-order valence-electron chi connectivity index (χ2n) is 7.85. The average Bonchev–Trinajstić information content (AvgIpc) is 3.19. The summed E-state index contributed by atoms with van der Waals surface area (Å²) in [5, 5.41) is 0.808. The molecular formula is C20H20O5. The van der Waals surface area contributed by atoms with Gasteiger partial charge in [0.1, 0.15) is 16.9 Å². The molecule has 2 unspecified atom stereocenters. The maximum absolute atomic E-state index is 12.8. The fourth-order valence-corrected chi connectivity index (χ4v) is 4.43. The molecule has 2 aromatic rings. The zero-order valence-electron chi connectivity index (χ0n) is 14.5. The van der Waals surface area contributed by atoms with Crippen LogP contribution in [0.25, 0.3) is 11.0 Å². The molecule has 4 atom stereocenters. The van der Waals surface area contributed by atoms with Gasteiger partial charge < -0.3 is 18.6 Å².